The van der Waals surface area contributed by atoms with Crippen LogP contribution in [0.2, 0.25) is 0 Å². The summed E-state index contributed by atoms with van der Waals surface area (Å²) >= 11 is 0. The first-order valence-corrected chi connectivity index (χ1v) is 11.2. The zero-order chi connectivity index (χ0) is 22.5. The number of amides is 1. The van der Waals surface area contributed by atoms with Gasteiger partial charge in [0, 0.05) is 32.0 Å². The molecule has 1 fully saturated rings. The van der Waals surface area contributed by atoms with Crippen molar-refractivity contribution in [3.05, 3.63) is 53.3 Å². The monoisotopic (exact) mass is 433 g/mol. The van der Waals surface area contributed by atoms with E-state index in [-0.39, 0.29) is 5.91 Å². The summed E-state index contributed by atoms with van der Waals surface area (Å²) in [7, 11) is 1.78. The van der Waals surface area contributed by atoms with E-state index in [1.165, 1.54) is 30.4 Å². The van der Waals surface area contributed by atoms with E-state index < -0.39 is 0 Å². The number of nitrogens with zero attached hydrogens (tertiary/aromatic N) is 5. The Labute approximate surface area is 189 Å². The Bertz CT molecular complexity index is 1070. The second-order valence-electron chi connectivity index (χ2n) is 8.46. The minimum Gasteiger partial charge on any atom is -0.349 e. The van der Waals surface area contributed by atoms with Crippen molar-refractivity contribution in [1.82, 2.24) is 30.0 Å². The highest BCUT2D eigenvalue weighted by atomic mass is 16.2. The van der Waals surface area contributed by atoms with E-state index in [1.807, 2.05) is 0 Å². The normalized spacial score (nSPS) is 14.3. The summed E-state index contributed by atoms with van der Waals surface area (Å²) in [5.41, 5.74) is 5.10. The molecule has 32 heavy (non-hydrogen) atoms. The number of rotatable bonds is 7. The van der Waals surface area contributed by atoms with Gasteiger partial charge in [0.15, 0.2) is 0 Å². The Kier molecular flexibility index (Phi) is 6.80. The summed E-state index contributed by atoms with van der Waals surface area (Å²) in [6.07, 6.45) is 5.50. The average Bonchev–Trinajstić information content (AvgIpc) is 3.16. The minimum atomic E-state index is -0.120. The minimum absolute atomic E-state index is 0.120. The molecule has 0 atom stereocenters. The van der Waals surface area contributed by atoms with Crippen molar-refractivity contribution in [1.29, 1.82) is 0 Å². The lowest BCUT2D eigenvalue weighted by molar-refractivity contribution is 0.0937. The van der Waals surface area contributed by atoms with Crippen molar-refractivity contribution in [3.63, 3.8) is 0 Å². The highest BCUT2D eigenvalue weighted by Crippen LogP contribution is 2.21. The van der Waals surface area contributed by atoms with E-state index in [0.717, 1.165) is 25.3 Å². The average molecular weight is 434 g/mol. The first kappa shape index (κ1) is 22.0. The second-order valence-corrected chi connectivity index (χ2v) is 8.46. The molecule has 2 N–H and O–H groups in total. The molecule has 0 bridgehead atoms. The number of hydrogen-bond acceptors (Lipinski definition) is 6. The summed E-state index contributed by atoms with van der Waals surface area (Å²) in [4.78, 5) is 24.0. The highest BCUT2D eigenvalue weighted by Gasteiger charge is 2.16. The van der Waals surface area contributed by atoms with Crippen molar-refractivity contribution in [2.75, 3.05) is 31.5 Å². The molecule has 168 valence electrons. The zero-order valence-corrected chi connectivity index (χ0v) is 19.1. The van der Waals surface area contributed by atoms with Gasteiger partial charge >= 0.3 is 0 Å². The fraction of sp³-hybridized carbons (Fsp3) is 0.417. The molecule has 3 aromatic rings. The smallest absolute Gasteiger partial charge is 0.269 e. The number of hydrogen-bond donors (Lipinski definition) is 2. The van der Waals surface area contributed by atoms with Crippen LogP contribution >= 0.6 is 0 Å². The molecule has 2 aromatic heterocycles. The molecular formula is C24H31N7O. The lowest BCUT2D eigenvalue weighted by Crippen LogP contribution is -2.38. The van der Waals surface area contributed by atoms with Gasteiger partial charge in [-0.05, 0) is 75.2 Å². The third-order valence-corrected chi connectivity index (χ3v) is 5.67. The number of carbonyl (C=O) groups excluding carboxylic acids is 1. The van der Waals surface area contributed by atoms with Gasteiger partial charge in [-0.3, -0.25) is 9.48 Å². The molecule has 0 aliphatic carbocycles. The Morgan fingerprint density at radius 2 is 1.78 bits per heavy atom. The van der Waals surface area contributed by atoms with Crippen molar-refractivity contribution in [3.8, 4) is 11.4 Å². The first-order valence-electron chi connectivity index (χ1n) is 11.2. The van der Waals surface area contributed by atoms with E-state index in [1.54, 1.807) is 30.1 Å². The summed E-state index contributed by atoms with van der Waals surface area (Å²) < 4.78 is 1.60. The van der Waals surface area contributed by atoms with E-state index >= 15 is 0 Å². The van der Waals surface area contributed by atoms with Gasteiger partial charge in [0.05, 0.1) is 5.69 Å². The predicted molar refractivity (Wildman–Crippen MR) is 126 cm³/mol. The molecule has 0 unspecified atom stereocenters. The van der Waals surface area contributed by atoms with Gasteiger partial charge in [-0.25, -0.2) is 9.97 Å². The van der Waals surface area contributed by atoms with Crippen LogP contribution in [0.15, 0.2) is 36.5 Å². The molecule has 1 amide bonds. The zero-order valence-electron chi connectivity index (χ0n) is 19.1. The topological polar surface area (TPSA) is 88.0 Å². The number of benzene rings is 1. The third-order valence-electron chi connectivity index (χ3n) is 5.67. The van der Waals surface area contributed by atoms with E-state index in [4.69, 9.17) is 0 Å². The van der Waals surface area contributed by atoms with Crippen molar-refractivity contribution >= 4 is 17.5 Å². The van der Waals surface area contributed by atoms with Crippen molar-refractivity contribution in [2.45, 2.75) is 33.1 Å². The quantitative estimate of drug-likeness (QED) is 0.593. The van der Waals surface area contributed by atoms with Gasteiger partial charge in [-0.2, -0.15) is 5.10 Å². The van der Waals surface area contributed by atoms with Crippen LogP contribution < -0.4 is 10.6 Å². The molecule has 1 aliphatic rings. The molecule has 1 saturated heterocycles. The molecule has 0 spiro atoms. The van der Waals surface area contributed by atoms with Crippen molar-refractivity contribution < 1.29 is 4.79 Å². The van der Waals surface area contributed by atoms with E-state index in [0.29, 0.717) is 29.6 Å². The van der Waals surface area contributed by atoms with Crippen LogP contribution in [0.1, 0.15) is 40.9 Å². The van der Waals surface area contributed by atoms with Gasteiger partial charge in [-0.15, -0.1) is 0 Å². The van der Waals surface area contributed by atoms with E-state index in [9.17, 15) is 4.79 Å². The Balaban J connectivity index is 1.42. The van der Waals surface area contributed by atoms with Gasteiger partial charge in [0.25, 0.3) is 5.91 Å². The highest BCUT2D eigenvalue weighted by molar-refractivity contribution is 5.93. The summed E-state index contributed by atoms with van der Waals surface area (Å²) in [6, 6.07) is 9.80. The Hall–Kier alpha value is -3.26. The number of anilines is 2. The SMILES string of the molecule is Cc1cc(C)cc(Nc2nccc(-c3cc(C(=O)NCCN4CCCCC4)n(C)n3)n2)c1. The fourth-order valence-corrected chi connectivity index (χ4v) is 4.14. The fourth-order valence-electron chi connectivity index (χ4n) is 4.14. The van der Waals surface area contributed by atoms with E-state index in [2.05, 4.69) is 62.6 Å². The molecule has 8 heteroatoms. The Morgan fingerprint density at radius 3 is 2.53 bits per heavy atom. The van der Waals surface area contributed by atoms with Crippen LogP contribution in [-0.4, -0.2) is 56.7 Å². The van der Waals surface area contributed by atoms with Crippen LogP contribution in [0.4, 0.5) is 11.6 Å². The molecule has 0 radical (unpaired) electrons. The molecular weight excluding hydrogens is 402 g/mol. The Morgan fingerprint density at radius 1 is 1.03 bits per heavy atom. The number of nitrogens with one attached hydrogen (secondary N) is 2. The maximum Gasteiger partial charge on any atom is 0.269 e. The summed E-state index contributed by atoms with van der Waals surface area (Å²) in [6.45, 7) is 7.88. The molecule has 1 aromatic carbocycles. The molecule has 0 saturated carbocycles. The number of piperidine rings is 1. The number of carbonyl (C=O) groups is 1. The third kappa shape index (κ3) is 5.50. The molecule has 4 rings (SSSR count). The second kappa shape index (κ2) is 9.91. The van der Waals surface area contributed by atoms with Gasteiger partial charge < -0.3 is 15.5 Å². The number of aromatic nitrogens is 4. The largest absolute Gasteiger partial charge is 0.349 e. The van der Waals surface area contributed by atoms with Crippen LogP contribution in [0.5, 0.6) is 0 Å². The lowest BCUT2D eigenvalue weighted by Gasteiger charge is -2.26. The maximum absolute atomic E-state index is 12.7. The molecule has 8 nitrogen and oxygen atoms in total. The standard InChI is InChI=1S/C24H31N7O/c1-17-13-18(2)15-19(14-17)27-24-26-8-7-20(28-24)21-16-22(30(3)29-21)23(32)25-9-12-31-10-5-4-6-11-31/h7-8,13-16H,4-6,9-12H2,1-3H3,(H,25,32)(H,26,27,28). The summed E-state index contributed by atoms with van der Waals surface area (Å²) in [5, 5.41) is 10.8. The van der Waals surface area contributed by atoms with Gasteiger partial charge in [-0.1, -0.05) is 12.5 Å². The van der Waals surface area contributed by atoms with Gasteiger partial charge in [0.1, 0.15) is 11.4 Å². The maximum atomic E-state index is 12.7. The molecule has 3 heterocycles. The summed E-state index contributed by atoms with van der Waals surface area (Å²) in [5.74, 6) is 0.372. The van der Waals surface area contributed by atoms with Crippen LogP contribution in [-0.2, 0) is 7.05 Å². The predicted octanol–water partition coefficient (Wildman–Crippen LogP) is 3.45. The lowest BCUT2D eigenvalue weighted by atomic mass is 10.1. The number of aryl methyl sites for hydroxylation is 3. The van der Waals surface area contributed by atoms with Crippen LogP contribution in [0.25, 0.3) is 11.4 Å². The van der Waals surface area contributed by atoms with Crippen LogP contribution in [0, 0.1) is 13.8 Å². The van der Waals surface area contributed by atoms with Crippen molar-refractivity contribution in [2.24, 2.45) is 7.05 Å². The van der Waals surface area contributed by atoms with Crippen LogP contribution in [0.3, 0.4) is 0 Å². The molecule has 1 aliphatic heterocycles. The van der Waals surface area contributed by atoms with Gasteiger partial charge in [0.2, 0.25) is 5.95 Å². The first-order chi connectivity index (χ1) is 15.5. The number of likely N-dealkylation sites (tertiary alicyclic amines) is 1.